The summed E-state index contributed by atoms with van der Waals surface area (Å²) in [7, 11) is 0. The van der Waals surface area contributed by atoms with E-state index in [0.717, 1.165) is 20.2 Å². The predicted octanol–water partition coefficient (Wildman–Crippen LogP) is 1.94. The van der Waals surface area contributed by atoms with Crippen molar-refractivity contribution >= 4 is 33.5 Å². The molecule has 0 fully saturated rings. The summed E-state index contributed by atoms with van der Waals surface area (Å²) in [5.41, 5.74) is 2.00. The molecule has 0 aromatic carbocycles. The first-order valence-electron chi connectivity index (χ1n) is 3.51. The number of hydrogen-bond acceptors (Lipinski definition) is 3. The largest absolute Gasteiger partial charge is 0.248 e. The summed E-state index contributed by atoms with van der Waals surface area (Å²) in [6, 6.07) is 2.01. The summed E-state index contributed by atoms with van der Waals surface area (Å²) in [5, 5.41) is 8.95. The number of nitrogens with zero attached hydrogens (tertiary/aromatic N) is 3. The Morgan fingerprint density at radius 2 is 2.17 bits per heavy atom. The van der Waals surface area contributed by atoms with E-state index in [1.54, 1.807) is 12.4 Å². The summed E-state index contributed by atoms with van der Waals surface area (Å²) in [5.74, 6) is 0. The number of fused-ring (bicyclic) bond motifs is 1. The maximum atomic E-state index is 4.13. The predicted molar refractivity (Wildman–Crippen MR) is 54.8 cm³/mol. The minimum Gasteiger partial charge on any atom is -0.248 e. The van der Waals surface area contributed by atoms with E-state index in [1.807, 2.05) is 13.0 Å². The minimum absolute atomic E-state index is 0.857. The van der Waals surface area contributed by atoms with Gasteiger partial charge in [-0.05, 0) is 41.1 Å². The lowest BCUT2D eigenvalue weighted by atomic mass is 10.2. The van der Waals surface area contributed by atoms with Crippen LogP contribution in [0.5, 0.6) is 0 Å². The van der Waals surface area contributed by atoms with E-state index in [-0.39, 0.29) is 0 Å². The second-order valence-electron chi connectivity index (χ2n) is 2.55. The molecule has 0 N–H and O–H groups in total. The maximum Gasteiger partial charge on any atom is 0.112 e. The van der Waals surface area contributed by atoms with E-state index in [2.05, 4.69) is 37.8 Å². The zero-order chi connectivity index (χ0) is 8.55. The molecule has 0 atom stereocenters. The Morgan fingerprint density at radius 1 is 1.33 bits per heavy atom. The lowest BCUT2D eigenvalue weighted by molar-refractivity contribution is 1.05. The standard InChI is InChI=1S/C8H6IN3/c1-5-3-11-12-7-4-10-8(9)2-6(5)7/h2-4H,1H3. The van der Waals surface area contributed by atoms with Crippen molar-refractivity contribution < 1.29 is 0 Å². The van der Waals surface area contributed by atoms with Gasteiger partial charge in [0.15, 0.2) is 0 Å². The van der Waals surface area contributed by atoms with Crippen LogP contribution in [0.15, 0.2) is 18.5 Å². The van der Waals surface area contributed by atoms with Gasteiger partial charge >= 0.3 is 0 Å². The van der Waals surface area contributed by atoms with Gasteiger partial charge in [-0.1, -0.05) is 0 Å². The number of hydrogen-bond donors (Lipinski definition) is 0. The van der Waals surface area contributed by atoms with Crippen LogP contribution in [0, 0.1) is 10.6 Å². The first-order chi connectivity index (χ1) is 5.77. The van der Waals surface area contributed by atoms with Crippen LogP contribution in [0.25, 0.3) is 10.9 Å². The monoisotopic (exact) mass is 271 g/mol. The van der Waals surface area contributed by atoms with Crippen LogP contribution in [-0.4, -0.2) is 15.2 Å². The van der Waals surface area contributed by atoms with Crippen molar-refractivity contribution in [3.8, 4) is 0 Å². The average Bonchev–Trinajstić information content (AvgIpc) is 2.07. The molecular formula is C8H6IN3. The Kier molecular flexibility index (Phi) is 1.92. The maximum absolute atomic E-state index is 4.13. The Hall–Kier alpha value is -0.780. The highest BCUT2D eigenvalue weighted by Gasteiger charge is 1.99. The highest BCUT2D eigenvalue weighted by atomic mass is 127. The molecule has 0 aliphatic heterocycles. The summed E-state index contributed by atoms with van der Waals surface area (Å²) in [6.07, 6.45) is 3.51. The third kappa shape index (κ3) is 1.26. The lowest BCUT2D eigenvalue weighted by Crippen LogP contribution is -1.89. The van der Waals surface area contributed by atoms with Crippen LogP contribution < -0.4 is 0 Å². The number of aryl methyl sites for hydroxylation is 1. The zero-order valence-corrected chi connectivity index (χ0v) is 8.61. The summed E-state index contributed by atoms with van der Waals surface area (Å²) >= 11 is 2.19. The third-order valence-corrected chi connectivity index (χ3v) is 2.28. The van der Waals surface area contributed by atoms with Gasteiger partial charge in [-0.3, -0.25) is 0 Å². The molecule has 0 bridgehead atoms. The molecule has 12 heavy (non-hydrogen) atoms. The zero-order valence-electron chi connectivity index (χ0n) is 6.45. The molecule has 0 saturated heterocycles. The molecule has 4 heteroatoms. The first-order valence-corrected chi connectivity index (χ1v) is 4.59. The van der Waals surface area contributed by atoms with E-state index in [0.29, 0.717) is 0 Å². The molecule has 2 heterocycles. The van der Waals surface area contributed by atoms with Gasteiger partial charge in [-0.25, -0.2) is 4.98 Å². The van der Waals surface area contributed by atoms with Crippen LogP contribution in [0.1, 0.15) is 5.56 Å². The molecule has 0 unspecified atom stereocenters. The van der Waals surface area contributed by atoms with Crippen LogP contribution in [0.2, 0.25) is 0 Å². The molecule has 60 valence electrons. The van der Waals surface area contributed by atoms with Crippen molar-refractivity contribution in [3.05, 3.63) is 27.7 Å². The van der Waals surface area contributed by atoms with E-state index >= 15 is 0 Å². The van der Waals surface area contributed by atoms with Gasteiger partial charge in [0, 0.05) is 5.39 Å². The molecule has 0 aliphatic carbocycles. The molecule has 0 amide bonds. The Morgan fingerprint density at radius 3 is 3.00 bits per heavy atom. The number of pyridine rings is 1. The second kappa shape index (κ2) is 2.93. The molecule has 3 nitrogen and oxygen atoms in total. The fraction of sp³-hybridized carbons (Fsp3) is 0.125. The molecule has 0 spiro atoms. The number of rotatable bonds is 0. The highest BCUT2D eigenvalue weighted by molar-refractivity contribution is 14.1. The van der Waals surface area contributed by atoms with E-state index in [4.69, 9.17) is 0 Å². The minimum atomic E-state index is 0.857. The number of aromatic nitrogens is 3. The third-order valence-electron chi connectivity index (χ3n) is 1.69. The van der Waals surface area contributed by atoms with Gasteiger partial charge in [0.05, 0.1) is 12.4 Å². The Labute approximate surface area is 83.4 Å². The van der Waals surface area contributed by atoms with Crippen molar-refractivity contribution in [3.63, 3.8) is 0 Å². The quantitative estimate of drug-likeness (QED) is 0.543. The first kappa shape index (κ1) is 7.85. The smallest absolute Gasteiger partial charge is 0.112 e. The van der Waals surface area contributed by atoms with Crippen LogP contribution in [0.3, 0.4) is 0 Å². The molecule has 2 rings (SSSR count). The van der Waals surface area contributed by atoms with Crippen LogP contribution >= 0.6 is 22.6 Å². The van der Waals surface area contributed by atoms with Gasteiger partial charge < -0.3 is 0 Å². The van der Waals surface area contributed by atoms with E-state index in [9.17, 15) is 0 Å². The number of halogens is 1. The Bertz CT molecular complexity index is 428. The molecule has 0 saturated carbocycles. The second-order valence-corrected chi connectivity index (χ2v) is 3.66. The van der Waals surface area contributed by atoms with Gasteiger partial charge in [0.2, 0.25) is 0 Å². The average molecular weight is 271 g/mol. The van der Waals surface area contributed by atoms with Crippen LogP contribution in [0.4, 0.5) is 0 Å². The van der Waals surface area contributed by atoms with E-state index < -0.39 is 0 Å². The van der Waals surface area contributed by atoms with Gasteiger partial charge in [-0.15, -0.1) is 5.10 Å². The molecule has 2 aromatic heterocycles. The van der Waals surface area contributed by atoms with Crippen molar-refractivity contribution in [1.29, 1.82) is 0 Å². The molecular weight excluding hydrogens is 265 g/mol. The Balaban J connectivity index is 2.88. The lowest BCUT2D eigenvalue weighted by Gasteiger charge is -1.98. The van der Waals surface area contributed by atoms with Crippen molar-refractivity contribution in [1.82, 2.24) is 15.2 Å². The highest BCUT2D eigenvalue weighted by Crippen LogP contribution is 2.15. The van der Waals surface area contributed by atoms with Gasteiger partial charge in [0.1, 0.15) is 9.22 Å². The van der Waals surface area contributed by atoms with Gasteiger partial charge in [0.25, 0.3) is 0 Å². The molecule has 0 radical (unpaired) electrons. The molecule has 2 aromatic rings. The topological polar surface area (TPSA) is 38.7 Å². The molecule has 0 aliphatic rings. The fourth-order valence-electron chi connectivity index (χ4n) is 1.07. The summed E-state index contributed by atoms with van der Waals surface area (Å²) < 4.78 is 0.983. The van der Waals surface area contributed by atoms with Crippen molar-refractivity contribution in [2.45, 2.75) is 6.92 Å². The SMILES string of the molecule is Cc1cnnc2cnc(I)cc12. The normalized spacial score (nSPS) is 10.5. The van der Waals surface area contributed by atoms with Crippen molar-refractivity contribution in [2.75, 3.05) is 0 Å². The van der Waals surface area contributed by atoms with Crippen LogP contribution in [-0.2, 0) is 0 Å². The fourth-order valence-corrected chi connectivity index (χ4v) is 1.52. The summed E-state index contributed by atoms with van der Waals surface area (Å²) in [4.78, 5) is 4.13. The van der Waals surface area contributed by atoms with Gasteiger partial charge in [-0.2, -0.15) is 5.10 Å². The summed E-state index contributed by atoms with van der Waals surface area (Å²) in [6.45, 7) is 2.02. The van der Waals surface area contributed by atoms with E-state index in [1.165, 1.54) is 0 Å². The van der Waals surface area contributed by atoms with Crippen molar-refractivity contribution in [2.24, 2.45) is 0 Å².